The van der Waals surface area contributed by atoms with Gasteiger partial charge in [-0.25, -0.2) is 9.59 Å². The molecule has 1 heterocycles. The third-order valence-electron chi connectivity index (χ3n) is 4.05. The summed E-state index contributed by atoms with van der Waals surface area (Å²) in [5, 5.41) is 5.05. The molecule has 2 aromatic rings. The van der Waals surface area contributed by atoms with E-state index in [9.17, 15) is 9.59 Å². The maximum absolute atomic E-state index is 12.8. The Bertz CT molecular complexity index is 908. The summed E-state index contributed by atoms with van der Waals surface area (Å²) in [5.74, 6) is 0. The highest BCUT2D eigenvalue weighted by Crippen LogP contribution is 2.38. The summed E-state index contributed by atoms with van der Waals surface area (Å²) >= 11 is 7.08. The van der Waals surface area contributed by atoms with Crippen LogP contribution in [0.2, 0.25) is 5.02 Å². The normalized spacial score (nSPS) is 16.0. The van der Waals surface area contributed by atoms with Gasteiger partial charge in [0, 0.05) is 27.6 Å². The van der Waals surface area contributed by atoms with E-state index in [1.807, 2.05) is 36.4 Å². The molecular formula is C21H22ClN3O4S. The summed E-state index contributed by atoms with van der Waals surface area (Å²) in [6.07, 6.45) is -0.180. The number of hydrogen-bond acceptors (Lipinski definition) is 6. The lowest BCUT2D eigenvalue weighted by atomic mass is 10.2. The molecule has 1 aliphatic rings. The van der Waals surface area contributed by atoms with Crippen LogP contribution in [0, 0.1) is 0 Å². The van der Waals surface area contributed by atoms with Crippen molar-refractivity contribution in [3.63, 3.8) is 0 Å². The van der Waals surface area contributed by atoms with Gasteiger partial charge in [0.15, 0.2) is 0 Å². The number of benzene rings is 2. The molecule has 1 atom stereocenters. The second kappa shape index (κ2) is 10.3. The number of ether oxygens (including phenoxy) is 2. The van der Waals surface area contributed by atoms with Crippen molar-refractivity contribution in [2.24, 2.45) is 0 Å². The average molecular weight is 448 g/mol. The highest BCUT2D eigenvalue weighted by Gasteiger charge is 2.39. The lowest BCUT2D eigenvalue weighted by Gasteiger charge is -2.40. The first-order chi connectivity index (χ1) is 14.5. The molecule has 0 bridgehead atoms. The maximum atomic E-state index is 12.8. The Kier molecular flexibility index (Phi) is 7.48. The van der Waals surface area contributed by atoms with E-state index in [4.69, 9.17) is 21.1 Å². The van der Waals surface area contributed by atoms with Gasteiger partial charge in [0.05, 0.1) is 13.2 Å². The van der Waals surface area contributed by atoms with E-state index < -0.39 is 18.4 Å². The second-order valence-corrected chi connectivity index (χ2v) is 7.50. The molecule has 2 amide bonds. The predicted octanol–water partition coefficient (Wildman–Crippen LogP) is 5.61. The van der Waals surface area contributed by atoms with Crippen LogP contribution < -0.4 is 5.32 Å². The van der Waals surface area contributed by atoms with Crippen LogP contribution in [-0.2, 0) is 9.47 Å². The first kappa shape index (κ1) is 21.9. The van der Waals surface area contributed by atoms with Gasteiger partial charge < -0.3 is 14.8 Å². The molecule has 1 unspecified atom stereocenters. The van der Waals surface area contributed by atoms with E-state index in [0.29, 0.717) is 5.02 Å². The minimum atomic E-state index is -0.703. The largest absolute Gasteiger partial charge is 0.448 e. The van der Waals surface area contributed by atoms with Crippen molar-refractivity contribution in [3.8, 4) is 0 Å². The predicted molar refractivity (Wildman–Crippen MR) is 119 cm³/mol. The second-order valence-electron chi connectivity index (χ2n) is 6.10. The Morgan fingerprint density at radius 2 is 1.63 bits per heavy atom. The van der Waals surface area contributed by atoms with E-state index in [1.54, 1.807) is 38.1 Å². The van der Waals surface area contributed by atoms with Crippen molar-refractivity contribution in [1.82, 2.24) is 9.42 Å². The van der Waals surface area contributed by atoms with Crippen LogP contribution in [-0.4, -0.2) is 41.0 Å². The summed E-state index contributed by atoms with van der Waals surface area (Å²) < 4.78 is 11.6. The Labute approximate surface area is 184 Å². The van der Waals surface area contributed by atoms with Crippen molar-refractivity contribution in [2.75, 3.05) is 18.5 Å². The lowest BCUT2D eigenvalue weighted by molar-refractivity contribution is 0.0212. The molecule has 0 aliphatic carbocycles. The van der Waals surface area contributed by atoms with E-state index in [0.717, 1.165) is 28.1 Å². The number of anilines is 1. The molecule has 0 aromatic heterocycles. The summed E-state index contributed by atoms with van der Waals surface area (Å²) in [7, 11) is 0. The van der Waals surface area contributed by atoms with E-state index in [1.165, 1.54) is 9.42 Å². The van der Waals surface area contributed by atoms with Gasteiger partial charge >= 0.3 is 12.2 Å². The molecule has 0 fully saturated rings. The lowest BCUT2D eigenvalue weighted by Crippen LogP contribution is -2.55. The molecule has 0 saturated carbocycles. The quantitative estimate of drug-likeness (QED) is 0.600. The highest BCUT2D eigenvalue weighted by atomic mass is 35.5. The smallest absolute Gasteiger partial charge is 0.440 e. The fourth-order valence-electron chi connectivity index (χ4n) is 2.75. The zero-order chi connectivity index (χ0) is 21.5. The van der Waals surface area contributed by atoms with Crippen LogP contribution in [0.3, 0.4) is 0 Å². The topological polar surface area (TPSA) is 71.1 Å². The molecule has 1 aliphatic heterocycles. The number of halogens is 1. The van der Waals surface area contributed by atoms with Gasteiger partial charge in [0.1, 0.15) is 6.17 Å². The van der Waals surface area contributed by atoms with Crippen molar-refractivity contribution in [3.05, 3.63) is 71.3 Å². The molecule has 30 heavy (non-hydrogen) atoms. The van der Waals surface area contributed by atoms with Gasteiger partial charge in [0.2, 0.25) is 0 Å². The molecule has 0 saturated heterocycles. The minimum Gasteiger partial charge on any atom is -0.448 e. The van der Waals surface area contributed by atoms with Crippen molar-refractivity contribution in [2.45, 2.75) is 20.0 Å². The molecule has 0 radical (unpaired) electrons. The van der Waals surface area contributed by atoms with Crippen molar-refractivity contribution >= 4 is 46.3 Å². The summed E-state index contributed by atoms with van der Waals surface area (Å²) in [4.78, 5) is 26.3. The molecule has 3 rings (SSSR count). The molecule has 9 heteroatoms. The van der Waals surface area contributed by atoms with E-state index in [-0.39, 0.29) is 13.2 Å². The highest BCUT2D eigenvalue weighted by molar-refractivity contribution is 8.06. The molecule has 2 aromatic carbocycles. The van der Waals surface area contributed by atoms with Gasteiger partial charge in [-0.1, -0.05) is 41.9 Å². The third kappa shape index (κ3) is 5.20. The number of amides is 2. The number of nitrogens with one attached hydrogen (secondary N) is 1. The number of carbonyl (C=O) groups is 2. The number of hydrazine groups is 1. The summed E-state index contributed by atoms with van der Waals surface area (Å²) in [6.45, 7) is 3.75. The maximum Gasteiger partial charge on any atom is 0.440 e. The number of rotatable bonds is 5. The van der Waals surface area contributed by atoms with E-state index in [2.05, 4.69) is 5.32 Å². The van der Waals surface area contributed by atoms with Crippen LogP contribution in [0.1, 0.15) is 19.4 Å². The monoisotopic (exact) mass is 447 g/mol. The molecule has 7 nitrogen and oxygen atoms in total. The first-order valence-electron chi connectivity index (χ1n) is 9.43. The molecular weight excluding hydrogens is 426 g/mol. The average Bonchev–Trinajstić information content (AvgIpc) is 2.75. The summed E-state index contributed by atoms with van der Waals surface area (Å²) in [6, 6.07) is 16.6. The third-order valence-corrected chi connectivity index (χ3v) is 5.37. The number of hydrogen-bond donors (Lipinski definition) is 1. The van der Waals surface area contributed by atoms with E-state index >= 15 is 0 Å². The fraction of sp³-hybridized carbons (Fsp3) is 0.238. The zero-order valence-electron chi connectivity index (χ0n) is 16.6. The van der Waals surface area contributed by atoms with Gasteiger partial charge in [-0.15, -0.1) is 4.41 Å². The molecule has 158 valence electrons. The van der Waals surface area contributed by atoms with Crippen LogP contribution in [0.15, 0.2) is 60.7 Å². The SMILES string of the molecule is CCOC(=O)N1SC(c2ccccc2)=CC(Nc2ccc(Cl)cc2)N1C(=O)OCC. The summed E-state index contributed by atoms with van der Waals surface area (Å²) in [5.41, 5.74) is 1.63. The Balaban J connectivity index is 2.03. The Hall–Kier alpha value is -2.84. The molecule has 0 spiro atoms. The van der Waals surface area contributed by atoms with Crippen molar-refractivity contribution in [1.29, 1.82) is 0 Å². The number of carbonyl (C=O) groups excluding carboxylic acids is 2. The first-order valence-corrected chi connectivity index (χ1v) is 10.6. The molecule has 1 N–H and O–H groups in total. The van der Waals surface area contributed by atoms with Gasteiger partial charge in [-0.2, -0.15) is 5.01 Å². The standard InChI is InChI=1S/C21H22ClN3O4S/c1-3-28-20(26)24-19(23-17-12-10-16(22)11-13-17)14-18(15-8-6-5-7-9-15)30-25(24)21(27)29-4-2/h5-14,19,23H,3-4H2,1-2H3. The Morgan fingerprint density at radius 1 is 1.00 bits per heavy atom. The van der Waals surface area contributed by atoms with Gasteiger partial charge in [-0.05, 0) is 49.8 Å². The zero-order valence-corrected chi connectivity index (χ0v) is 18.2. The van der Waals surface area contributed by atoms with Crippen LogP contribution in [0.5, 0.6) is 0 Å². The fourth-order valence-corrected chi connectivity index (χ4v) is 3.87. The van der Waals surface area contributed by atoms with Crippen LogP contribution in [0.4, 0.5) is 15.3 Å². The van der Waals surface area contributed by atoms with Gasteiger partial charge in [0.25, 0.3) is 0 Å². The van der Waals surface area contributed by atoms with Gasteiger partial charge in [-0.3, -0.25) is 0 Å². The van der Waals surface area contributed by atoms with Crippen molar-refractivity contribution < 1.29 is 19.1 Å². The minimum absolute atomic E-state index is 0.166. The Morgan fingerprint density at radius 3 is 2.27 bits per heavy atom. The number of nitrogens with zero attached hydrogens (tertiary/aromatic N) is 2. The van der Waals surface area contributed by atoms with Crippen LogP contribution >= 0.6 is 23.5 Å². The van der Waals surface area contributed by atoms with Crippen LogP contribution in [0.25, 0.3) is 4.91 Å².